The molecule has 122 valence electrons. The molecule has 2 N–H and O–H groups in total. The lowest BCUT2D eigenvalue weighted by atomic mass is 10.1. The van der Waals surface area contributed by atoms with Gasteiger partial charge in [0.15, 0.2) is 0 Å². The summed E-state index contributed by atoms with van der Waals surface area (Å²) in [5.74, 6) is 2.29. The number of rotatable bonds is 5. The molecule has 0 saturated carbocycles. The van der Waals surface area contributed by atoms with Crippen LogP contribution in [-0.4, -0.2) is 15.0 Å². The van der Waals surface area contributed by atoms with Crippen LogP contribution in [0.15, 0.2) is 48.8 Å². The van der Waals surface area contributed by atoms with Crippen LogP contribution < -0.4 is 10.6 Å². The number of nitrogens with one attached hydrogen (secondary N) is 2. The third kappa shape index (κ3) is 4.07. The molecule has 2 aromatic heterocycles. The van der Waals surface area contributed by atoms with Crippen molar-refractivity contribution in [3.8, 4) is 0 Å². The molecule has 0 atom stereocenters. The zero-order chi connectivity index (χ0) is 16.9. The van der Waals surface area contributed by atoms with Crippen LogP contribution in [0, 0.1) is 20.8 Å². The van der Waals surface area contributed by atoms with Crippen LogP contribution in [0.25, 0.3) is 0 Å². The summed E-state index contributed by atoms with van der Waals surface area (Å²) in [6.45, 7) is 6.74. The molecule has 0 radical (unpaired) electrons. The SMILES string of the molecule is Cc1ccc(Nc2cc(NCc3cccnc3)nc(C)n2)c(C)c1. The smallest absolute Gasteiger partial charge is 0.136 e. The van der Waals surface area contributed by atoms with Gasteiger partial charge in [-0.05, 0) is 44.0 Å². The molecule has 2 heterocycles. The highest BCUT2D eigenvalue weighted by Gasteiger charge is 2.05. The maximum Gasteiger partial charge on any atom is 0.136 e. The van der Waals surface area contributed by atoms with Gasteiger partial charge < -0.3 is 10.6 Å². The number of hydrogen-bond acceptors (Lipinski definition) is 5. The molecule has 0 amide bonds. The Bertz CT molecular complexity index is 830. The first kappa shape index (κ1) is 15.9. The Kier molecular flexibility index (Phi) is 4.70. The van der Waals surface area contributed by atoms with Crippen LogP contribution in [0.5, 0.6) is 0 Å². The minimum atomic E-state index is 0.674. The van der Waals surface area contributed by atoms with E-state index in [1.54, 1.807) is 6.20 Å². The van der Waals surface area contributed by atoms with Gasteiger partial charge in [0.2, 0.25) is 0 Å². The summed E-state index contributed by atoms with van der Waals surface area (Å²) >= 11 is 0. The van der Waals surface area contributed by atoms with Crippen LogP contribution in [0.1, 0.15) is 22.5 Å². The third-order valence-corrected chi connectivity index (χ3v) is 3.68. The van der Waals surface area contributed by atoms with Crippen LogP contribution in [-0.2, 0) is 6.54 Å². The van der Waals surface area contributed by atoms with Crippen molar-refractivity contribution in [2.24, 2.45) is 0 Å². The van der Waals surface area contributed by atoms with Crippen molar-refractivity contribution in [3.63, 3.8) is 0 Å². The molecule has 0 saturated heterocycles. The van der Waals surface area contributed by atoms with Crippen LogP contribution in [0.3, 0.4) is 0 Å². The lowest BCUT2D eigenvalue weighted by Crippen LogP contribution is -2.05. The van der Waals surface area contributed by atoms with Gasteiger partial charge in [-0.1, -0.05) is 23.8 Å². The Labute approximate surface area is 142 Å². The van der Waals surface area contributed by atoms with Crippen LogP contribution in [0.2, 0.25) is 0 Å². The average Bonchev–Trinajstić information content (AvgIpc) is 2.56. The van der Waals surface area contributed by atoms with Crippen molar-refractivity contribution in [1.82, 2.24) is 15.0 Å². The van der Waals surface area contributed by atoms with Gasteiger partial charge in [0.25, 0.3) is 0 Å². The van der Waals surface area contributed by atoms with Gasteiger partial charge in [0.05, 0.1) is 0 Å². The van der Waals surface area contributed by atoms with Gasteiger partial charge in [-0.15, -0.1) is 0 Å². The summed E-state index contributed by atoms with van der Waals surface area (Å²) in [5.41, 5.74) is 4.60. The number of nitrogens with zero attached hydrogens (tertiary/aromatic N) is 3. The van der Waals surface area contributed by atoms with E-state index in [2.05, 4.69) is 57.6 Å². The fourth-order valence-corrected chi connectivity index (χ4v) is 2.51. The number of anilines is 3. The first-order valence-electron chi connectivity index (χ1n) is 7.93. The second-order valence-corrected chi connectivity index (χ2v) is 5.84. The second kappa shape index (κ2) is 7.08. The van der Waals surface area contributed by atoms with Crippen molar-refractivity contribution in [1.29, 1.82) is 0 Å². The molecule has 0 spiro atoms. The van der Waals surface area contributed by atoms with E-state index in [9.17, 15) is 0 Å². The van der Waals surface area contributed by atoms with Gasteiger partial charge in [-0.3, -0.25) is 4.98 Å². The third-order valence-electron chi connectivity index (χ3n) is 3.68. The number of pyridine rings is 1. The highest BCUT2D eigenvalue weighted by atomic mass is 15.1. The first-order chi connectivity index (χ1) is 11.6. The first-order valence-corrected chi connectivity index (χ1v) is 7.93. The van der Waals surface area contributed by atoms with Gasteiger partial charge in [-0.25, -0.2) is 9.97 Å². The van der Waals surface area contributed by atoms with Crippen LogP contribution in [0.4, 0.5) is 17.3 Å². The number of aromatic nitrogens is 3. The predicted molar refractivity (Wildman–Crippen MR) is 97.5 cm³/mol. The minimum absolute atomic E-state index is 0.674. The maximum atomic E-state index is 4.47. The number of hydrogen-bond donors (Lipinski definition) is 2. The normalized spacial score (nSPS) is 10.5. The van der Waals surface area contributed by atoms with Gasteiger partial charge in [0, 0.05) is 30.7 Å². The molecule has 0 aliphatic carbocycles. The molecule has 0 bridgehead atoms. The fourth-order valence-electron chi connectivity index (χ4n) is 2.51. The Morgan fingerprint density at radius 2 is 1.79 bits per heavy atom. The monoisotopic (exact) mass is 319 g/mol. The molecular formula is C19H21N5. The lowest BCUT2D eigenvalue weighted by Gasteiger charge is -2.12. The Hall–Kier alpha value is -2.95. The fraction of sp³-hybridized carbons (Fsp3) is 0.211. The zero-order valence-electron chi connectivity index (χ0n) is 14.2. The zero-order valence-corrected chi connectivity index (χ0v) is 14.2. The maximum absolute atomic E-state index is 4.47. The molecule has 1 aromatic carbocycles. The summed E-state index contributed by atoms with van der Waals surface area (Å²) in [6, 6.07) is 12.2. The van der Waals surface area contributed by atoms with E-state index in [1.807, 2.05) is 31.3 Å². The van der Waals surface area contributed by atoms with Crippen molar-refractivity contribution < 1.29 is 0 Å². The summed E-state index contributed by atoms with van der Waals surface area (Å²) in [4.78, 5) is 13.0. The second-order valence-electron chi connectivity index (χ2n) is 5.84. The Balaban J connectivity index is 1.76. The summed E-state index contributed by atoms with van der Waals surface area (Å²) in [5, 5.41) is 6.70. The molecule has 0 unspecified atom stereocenters. The Morgan fingerprint density at radius 3 is 2.54 bits per heavy atom. The van der Waals surface area contributed by atoms with E-state index in [4.69, 9.17) is 0 Å². The molecule has 5 heteroatoms. The van der Waals surface area contributed by atoms with Crippen LogP contribution >= 0.6 is 0 Å². The quantitative estimate of drug-likeness (QED) is 0.739. The molecule has 3 aromatic rings. The van der Waals surface area contributed by atoms with E-state index >= 15 is 0 Å². The summed E-state index contributed by atoms with van der Waals surface area (Å²) < 4.78 is 0. The van der Waals surface area contributed by atoms with Crippen molar-refractivity contribution in [3.05, 3.63) is 71.3 Å². The highest BCUT2D eigenvalue weighted by Crippen LogP contribution is 2.22. The van der Waals surface area contributed by atoms with Crippen molar-refractivity contribution >= 4 is 17.3 Å². The number of aryl methyl sites for hydroxylation is 3. The van der Waals surface area contributed by atoms with E-state index in [0.717, 1.165) is 28.7 Å². The van der Waals surface area contributed by atoms with E-state index < -0.39 is 0 Å². The molecule has 0 fully saturated rings. The summed E-state index contributed by atoms with van der Waals surface area (Å²) in [6.07, 6.45) is 3.61. The van der Waals surface area contributed by atoms with Gasteiger partial charge in [0.1, 0.15) is 17.5 Å². The molecule has 24 heavy (non-hydrogen) atoms. The van der Waals surface area contributed by atoms with E-state index in [1.165, 1.54) is 11.1 Å². The summed E-state index contributed by atoms with van der Waals surface area (Å²) in [7, 11) is 0. The molecule has 3 rings (SSSR count). The standard InChI is InChI=1S/C19H21N5/c1-13-6-7-17(14(2)9-13)24-19-10-18(22-15(3)23-19)21-12-16-5-4-8-20-11-16/h4-11H,12H2,1-3H3,(H2,21,22,23,24). The molecule has 0 aliphatic heterocycles. The van der Waals surface area contributed by atoms with Gasteiger partial charge >= 0.3 is 0 Å². The van der Waals surface area contributed by atoms with E-state index in [-0.39, 0.29) is 0 Å². The van der Waals surface area contributed by atoms with Crippen molar-refractivity contribution in [2.45, 2.75) is 27.3 Å². The predicted octanol–water partition coefficient (Wildman–Crippen LogP) is 4.15. The Morgan fingerprint density at radius 1 is 0.958 bits per heavy atom. The van der Waals surface area contributed by atoms with Gasteiger partial charge in [-0.2, -0.15) is 0 Å². The van der Waals surface area contributed by atoms with Crippen molar-refractivity contribution in [2.75, 3.05) is 10.6 Å². The van der Waals surface area contributed by atoms with E-state index in [0.29, 0.717) is 6.54 Å². The highest BCUT2D eigenvalue weighted by molar-refractivity contribution is 5.63. The average molecular weight is 319 g/mol. The molecule has 5 nitrogen and oxygen atoms in total. The largest absolute Gasteiger partial charge is 0.366 e. The minimum Gasteiger partial charge on any atom is -0.366 e. The molecular weight excluding hydrogens is 298 g/mol. The number of benzene rings is 1. The molecule has 0 aliphatic rings. The lowest BCUT2D eigenvalue weighted by molar-refractivity contribution is 1.02. The topological polar surface area (TPSA) is 62.7 Å².